The van der Waals surface area contributed by atoms with Gasteiger partial charge < -0.3 is 20.1 Å². The van der Waals surface area contributed by atoms with Gasteiger partial charge in [0.05, 0.1) is 25.4 Å². The molecular formula is C15H28N2O3. The van der Waals surface area contributed by atoms with Gasteiger partial charge in [0.2, 0.25) is 0 Å². The fourth-order valence-electron chi connectivity index (χ4n) is 3.47. The molecule has 4 atom stereocenters. The summed E-state index contributed by atoms with van der Waals surface area (Å²) in [6, 6.07) is 0.331. The maximum atomic E-state index is 12.5. The lowest BCUT2D eigenvalue weighted by Crippen LogP contribution is -2.55. The Labute approximate surface area is 121 Å². The molecule has 1 heterocycles. The number of carbonyl (C=O) groups is 1. The number of urea groups is 1. The van der Waals surface area contributed by atoms with E-state index in [1.54, 1.807) is 6.92 Å². The largest absolute Gasteiger partial charge is 0.393 e. The van der Waals surface area contributed by atoms with Crippen molar-refractivity contribution in [2.24, 2.45) is 5.92 Å². The van der Waals surface area contributed by atoms with E-state index in [9.17, 15) is 9.90 Å². The summed E-state index contributed by atoms with van der Waals surface area (Å²) in [5.41, 5.74) is 0. The van der Waals surface area contributed by atoms with Gasteiger partial charge in [-0.25, -0.2) is 4.79 Å². The zero-order valence-electron chi connectivity index (χ0n) is 12.7. The van der Waals surface area contributed by atoms with Gasteiger partial charge in [0.25, 0.3) is 0 Å². The van der Waals surface area contributed by atoms with Gasteiger partial charge in [-0.15, -0.1) is 0 Å². The summed E-state index contributed by atoms with van der Waals surface area (Å²) in [5.74, 6) is 0.621. The van der Waals surface area contributed by atoms with Crippen molar-refractivity contribution in [1.29, 1.82) is 0 Å². The van der Waals surface area contributed by atoms with Crippen molar-refractivity contribution in [2.75, 3.05) is 19.8 Å². The number of morpholine rings is 1. The minimum atomic E-state index is -0.410. The van der Waals surface area contributed by atoms with Crippen LogP contribution in [-0.4, -0.2) is 54.0 Å². The van der Waals surface area contributed by atoms with Crippen molar-refractivity contribution >= 4 is 6.03 Å². The molecule has 4 unspecified atom stereocenters. The van der Waals surface area contributed by atoms with E-state index in [-0.39, 0.29) is 12.1 Å². The van der Waals surface area contributed by atoms with Crippen LogP contribution in [0.2, 0.25) is 0 Å². The summed E-state index contributed by atoms with van der Waals surface area (Å²) in [6.07, 6.45) is 4.83. The number of amides is 2. The molecule has 116 valence electrons. The normalized spacial score (nSPS) is 32.1. The molecule has 2 amide bonds. The third-order valence-electron chi connectivity index (χ3n) is 4.59. The first kappa shape index (κ1) is 15.6. The highest BCUT2D eigenvalue weighted by atomic mass is 16.5. The van der Waals surface area contributed by atoms with Crippen LogP contribution in [0, 0.1) is 5.92 Å². The number of rotatable bonds is 4. The van der Waals surface area contributed by atoms with Gasteiger partial charge in [-0.3, -0.25) is 0 Å². The molecule has 2 aliphatic rings. The number of nitrogens with one attached hydrogen (secondary N) is 1. The van der Waals surface area contributed by atoms with Crippen molar-refractivity contribution < 1.29 is 14.6 Å². The van der Waals surface area contributed by atoms with Crippen LogP contribution in [0.15, 0.2) is 0 Å². The third-order valence-corrected chi connectivity index (χ3v) is 4.59. The van der Waals surface area contributed by atoms with E-state index in [0.29, 0.717) is 38.1 Å². The minimum Gasteiger partial charge on any atom is -0.393 e. The molecule has 0 spiro atoms. The van der Waals surface area contributed by atoms with Crippen LogP contribution in [0.3, 0.4) is 0 Å². The first-order valence-electron chi connectivity index (χ1n) is 7.94. The fraction of sp³-hybridized carbons (Fsp3) is 0.933. The number of carbonyl (C=O) groups excluding carboxylic acids is 1. The fourth-order valence-corrected chi connectivity index (χ4v) is 3.47. The van der Waals surface area contributed by atoms with Crippen LogP contribution < -0.4 is 5.32 Å². The van der Waals surface area contributed by atoms with E-state index in [1.165, 1.54) is 12.8 Å². The standard InChI is InChI=1S/C15H28N2O3/c1-3-12-5-4-6-14(12)16-15(19)17-7-8-20-10-13(17)9-11(2)18/h11-14,18H,3-10H2,1-2H3,(H,16,19). The highest BCUT2D eigenvalue weighted by Crippen LogP contribution is 2.28. The topological polar surface area (TPSA) is 61.8 Å². The second-order valence-electron chi connectivity index (χ2n) is 6.16. The van der Waals surface area contributed by atoms with Gasteiger partial charge in [-0.2, -0.15) is 0 Å². The van der Waals surface area contributed by atoms with Crippen LogP contribution in [-0.2, 0) is 4.74 Å². The highest BCUT2D eigenvalue weighted by molar-refractivity contribution is 5.75. The predicted molar refractivity (Wildman–Crippen MR) is 77.6 cm³/mol. The summed E-state index contributed by atoms with van der Waals surface area (Å²) in [5, 5.41) is 12.8. The third kappa shape index (κ3) is 3.85. The van der Waals surface area contributed by atoms with Crippen LogP contribution >= 0.6 is 0 Å². The molecule has 1 saturated heterocycles. The number of aliphatic hydroxyl groups excluding tert-OH is 1. The number of hydrogen-bond donors (Lipinski definition) is 2. The zero-order chi connectivity index (χ0) is 14.5. The Bertz CT molecular complexity index is 322. The Hall–Kier alpha value is -0.810. The van der Waals surface area contributed by atoms with Gasteiger partial charge in [0.1, 0.15) is 0 Å². The lowest BCUT2D eigenvalue weighted by Gasteiger charge is -2.37. The van der Waals surface area contributed by atoms with E-state index in [1.807, 2.05) is 4.90 Å². The molecule has 0 radical (unpaired) electrons. The molecule has 1 aliphatic heterocycles. The molecule has 0 aromatic rings. The monoisotopic (exact) mass is 284 g/mol. The average molecular weight is 284 g/mol. The Morgan fingerprint density at radius 1 is 1.50 bits per heavy atom. The summed E-state index contributed by atoms with van der Waals surface area (Å²) >= 11 is 0. The maximum absolute atomic E-state index is 12.5. The van der Waals surface area contributed by atoms with Gasteiger partial charge in [-0.05, 0) is 32.1 Å². The summed E-state index contributed by atoms with van der Waals surface area (Å²) < 4.78 is 5.44. The van der Waals surface area contributed by atoms with Crippen LogP contribution in [0.5, 0.6) is 0 Å². The van der Waals surface area contributed by atoms with Crippen molar-refractivity contribution in [3.8, 4) is 0 Å². The smallest absolute Gasteiger partial charge is 0.318 e. The molecule has 0 aromatic heterocycles. The SMILES string of the molecule is CCC1CCCC1NC(=O)N1CCOCC1CC(C)O. The molecule has 1 saturated carbocycles. The summed E-state index contributed by atoms with van der Waals surface area (Å²) in [7, 11) is 0. The second-order valence-corrected chi connectivity index (χ2v) is 6.16. The van der Waals surface area contributed by atoms with Crippen molar-refractivity contribution in [3.63, 3.8) is 0 Å². The van der Waals surface area contributed by atoms with Gasteiger partial charge in [0, 0.05) is 12.6 Å². The molecule has 2 N–H and O–H groups in total. The van der Waals surface area contributed by atoms with Crippen molar-refractivity contribution in [1.82, 2.24) is 10.2 Å². The lowest BCUT2D eigenvalue weighted by molar-refractivity contribution is -0.00504. The number of aliphatic hydroxyl groups is 1. The number of ether oxygens (including phenoxy) is 1. The summed E-state index contributed by atoms with van der Waals surface area (Å²) in [6.45, 7) is 5.69. The highest BCUT2D eigenvalue weighted by Gasteiger charge is 2.32. The van der Waals surface area contributed by atoms with Gasteiger partial charge in [-0.1, -0.05) is 19.8 Å². The minimum absolute atomic E-state index is 0.00905. The second kappa shape index (κ2) is 7.27. The first-order valence-corrected chi connectivity index (χ1v) is 7.94. The summed E-state index contributed by atoms with van der Waals surface area (Å²) in [4.78, 5) is 14.3. The van der Waals surface area contributed by atoms with E-state index in [0.717, 1.165) is 12.8 Å². The zero-order valence-corrected chi connectivity index (χ0v) is 12.7. The first-order chi connectivity index (χ1) is 9.61. The predicted octanol–water partition coefficient (Wildman–Crippen LogP) is 1.75. The molecule has 0 bridgehead atoms. The molecule has 5 nitrogen and oxygen atoms in total. The Kier molecular flexibility index (Phi) is 5.66. The molecular weight excluding hydrogens is 256 g/mol. The quantitative estimate of drug-likeness (QED) is 0.826. The molecule has 2 fully saturated rings. The van der Waals surface area contributed by atoms with E-state index in [2.05, 4.69) is 12.2 Å². The Morgan fingerprint density at radius 2 is 2.30 bits per heavy atom. The van der Waals surface area contributed by atoms with Crippen LogP contribution in [0.1, 0.15) is 46.0 Å². The average Bonchev–Trinajstić information content (AvgIpc) is 2.85. The van der Waals surface area contributed by atoms with E-state index >= 15 is 0 Å². The van der Waals surface area contributed by atoms with Crippen molar-refractivity contribution in [3.05, 3.63) is 0 Å². The van der Waals surface area contributed by atoms with E-state index < -0.39 is 6.10 Å². The van der Waals surface area contributed by atoms with E-state index in [4.69, 9.17) is 4.74 Å². The lowest BCUT2D eigenvalue weighted by atomic mass is 10.0. The Morgan fingerprint density at radius 3 is 3.00 bits per heavy atom. The number of nitrogens with zero attached hydrogens (tertiary/aromatic N) is 1. The molecule has 0 aromatic carbocycles. The van der Waals surface area contributed by atoms with Crippen LogP contribution in [0.25, 0.3) is 0 Å². The molecule has 2 rings (SSSR count). The number of hydrogen-bond acceptors (Lipinski definition) is 3. The molecule has 1 aliphatic carbocycles. The Balaban J connectivity index is 1.91. The molecule has 5 heteroatoms. The van der Waals surface area contributed by atoms with Crippen molar-refractivity contribution in [2.45, 2.75) is 64.1 Å². The van der Waals surface area contributed by atoms with Gasteiger partial charge >= 0.3 is 6.03 Å². The maximum Gasteiger partial charge on any atom is 0.318 e. The molecule has 20 heavy (non-hydrogen) atoms. The van der Waals surface area contributed by atoms with Crippen LogP contribution in [0.4, 0.5) is 4.79 Å². The van der Waals surface area contributed by atoms with Gasteiger partial charge in [0.15, 0.2) is 0 Å².